The lowest BCUT2D eigenvalue weighted by Crippen LogP contribution is -2.14. The second-order valence-electron chi connectivity index (χ2n) is 4.12. The molecular weight excluding hydrogens is 270 g/mol. The van der Waals surface area contributed by atoms with Crippen molar-refractivity contribution in [2.45, 2.75) is 13.0 Å². The Hall–Kier alpha value is -2.35. The number of halogens is 2. The highest BCUT2D eigenvalue weighted by Crippen LogP contribution is 2.13. The molecule has 8 heteroatoms. The molecule has 6 nitrogen and oxygen atoms in total. The summed E-state index contributed by atoms with van der Waals surface area (Å²) < 4.78 is 27.7. The van der Waals surface area contributed by atoms with Crippen LogP contribution in [0.4, 0.5) is 8.78 Å². The molecule has 20 heavy (non-hydrogen) atoms. The molecule has 0 spiro atoms. The summed E-state index contributed by atoms with van der Waals surface area (Å²) in [7, 11) is 0. The van der Waals surface area contributed by atoms with Gasteiger partial charge in [-0.25, -0.2) is 18.3 Å². The predicted octanol–water partition coefficient (Wildman–Crippen LogP) is 0.804. The summed E-state index contributed by atoms with van der Waals surface area (Å²) in [4.78, 5) is 11.0. The molecule has 2 aromatic rings. The number of carboxylic acid groups (broad SMARTS) is 1. The highest BCUT2D eigenvalue weighted by Gasteiger charge is 2.19. The van der Waals surface area contributed by atoms with Gasteiger partial charge in [0.15, 0.2) is 5.69 Å². The van der Waals surface area contributed by atoms with Gasteiger partial charge in [0.2, 0.25) is 0 Å². The van der Waals surface area contributed by atoms with Crippen LogP contribution in [-0.2, 0) is 13.0 Å². The summed E-state index contributed by atoms with van der Waals surface area (Å²) in [6.07, 6.45) is 0.247. The van der Waals surface area contributed by atoms with Crippen molar-refractivity contribution in [1.82, 2.24) is 15.0 Å². The third-order valence-electron chi connectivity index (χ3n) is 2.76. The van der Waals surface area contributed by atoms with Crippen LogP contribution in [0.15, 0.2) is 18.2 Å². The zero-order chi connectivity index (χ0) is 14.7. The van der Waals surface area contributed by atoms with Crippen molar-refractivity contribution in [2.75, 3.05) is 6.54 Å². The Kier molecular flexibility index (Phi) is 4.04. The highest BCUT2D eigenvalue weighted by atomic mass is 19.1. The fourth-order valence-electron chi connectivity index (χ4n) is 1.82. The molecule has 3 N–H and O–H groups in total. The van der Waals surface area contributed by atoms with Crippen LogP contribution in [0, 0.1) is 11.6 Å². The van der Waals surface area contributed by atoms with E-state index in [9.17, 15) is 13.6 Å². The van der Waals surface area contributed by atoms with Crippen LogP contribution in [0.3, 0.4) is 0 Å². The molecule has 106 valence electrons. The Labute approximate surface area is 112 Å². The maximum absolute atomic E-state index is 13.6. The molecule has 0 aliphatic rings. The molecule has 0 aliphatic heterocycles. The van der Waals surface area contributed by atoms with E-state index in [1.165, 1.54) is 10.7 Å². The average Bonchev–Trinajstić information content (AvgIpc) is 2.77. The van der Waals surface area contributed by atoms with Crippen molar-refractivity contribution in [3.05, 3.63) is 46.8 Å². The van der Waals surface area contributed by atoms with E-state index in [1.807, 2.05) is 0 Å². The second kappa shape index (κ2) is 5.74. The summed E-state index contributed by atoms with van der Waals surface area (Å²) in [5.74, 6) is -2.63. The predicted molar refractivity (Wildman–Crippen MR) is 65.2 cm³/mol. The maximum atomic E-state index is 13.6. The van der Waals surface area contributed by atoms with Gasteiger partial charge in [0.1, 0.15) is 11.6 Å². The molecule has 0 amide bonds. The van der Waals surface area contributed by atoms with Crippen LogP contribution in [0.1, 0.15) is 21.7 Å². The summed E-state index contributed by atoms with van der Waals surface area (Å²) in [6.45, 7) is 0.168. The normalized spacial score (nSPS) is 10.8. The van der Waals surface area contributed by atoms with Gasteiger partial charge in [-0.05, 0) is 12.6 Å². The number of nitrogens with zero attached hydrogens (tertiary/aromatic N) is 3. The summed E-state index contributed by atoms with van der Waals surface area (Å²) in [5.41, 5.74) is 5.70. The van der Waals surface area contributed by atoms with Gasteiger partial charge < -0.3 is 10.8 Å². The first kappa shape index (κ1) is 14.1. The minimum atomic E-state index is -1.22. The van der Waals surface area contributed by atoms with E-state index >= 15 is 0 Å². The average molecular weight is 282 g/mol. The maximum Gasteiger partial charge on any atom is 0.358 e. The Morgan fingerprint density at radius 3 is 2.75 bits per heavy atom. The van der Waals surface area contributed by atoms with Gasteiger partial charge in [0.25, 0.3) is 0 Å². The van der Waals surface area contributed by atoms with Crippen LogP contribution < -0.4 is 5.73 Å². The highest BCUT2D eigenvalue weighted by molar-refractivity contribution is 5.86. The van der Waals surface area contributed by atoms with E-state index in [1.54, 1.807) is 0 Å². The molecule has 0 unspecified atom stereocenters. The van der Waals surface area contributed by atoms with Crippen LogP contribution in [0.2, 0.25) is 0 Å². The van der Waals surface area contributed by atoms with E-state index in [0.717, 1.165) is 12.1 Å². The summed E-state index contributed by atoms with van der Waals surface area (Å²) >= 11 is 0. The standard InChI is InChI=1S/C12H12F2N4O2/c13-8-2-1-7(9(14)5-8)6-18-10(3-4-15)11(12(19)20)16-17-18/h1-2,5H,3-4,6,15H2,(H,19,20). The third kappa shape index (κ3) is 2.80. The van der Waals surface area contributed by atoms with Crippen molar-refractivity contribution in [3.63, 3.8) is 0 Å². The molecule has 0 radical (unpaired) electrons. The van der Waals surface area contributed by atoms with Gasteiger partial charge in [-0.2, -0.15) is 0 Å². The van der Waals surface area contributed by atoms with Gasteiger partial charge in [0, 0.05) is 18.1 Å². The molecular formula is C12H12F2N4O2. The molecule has 0 saturated heterocycles. The number of aromatic carboxylic acids is 1. The molecule has 0 bridgehead atoms. The van der Waals surface area contributed by atoms with Crippen LogP contribution in [0.25, 0.3) is 0 Å². The molecule has 1 aromatic carbocycles. The zero-order valence-electron chi connectivity index (χ0n) is 10.4. The van der Waals surface area contributed by atoms with E-state index in [-0.39, 0.29) is 30.8 Å². The van der Waals surface area contributed by atoms with Crippen molar-refractivity contribution in [1.29, 1.82) is 0 Å². The first-order valence-corrected chi connectivity index (χ1v) is 5.82. The minimum absolute atomic E-state index is 0.0400. The van der Waals surface area contributed by atoms with E-state index in [4.69, 9.17) is 10.8 Å². The van der Waals surface area contributed by atoms with Crippen LogP contribution in [-0.4, -0.2) is 32.6 Å². The number of hydrogen-bond acceptors (Lipinski definition) is 4. The van der Waals surface area contributed by atoms with Crippen LogP contribution >= 0.6 is 0 Å². The number of aromatic nitrogens is 3. The lowest BCUT2D eigenvalue weighted by molar-refractivity contribution is 0.0689. The van der Waals surface area contributed by atoms with Gasteiger partial charge in [-0.3, -0.25) is 0 Å². The minimum Gasteiger partial charge on any atom is -0.476 e. The van der Waals surface area contributed by atoms with E-state index in [0.29, 0.717) is 5.69 Å². The number of carboxylic acids is 1. The fourth-order valence-corrected chi connectivity index (χ4v) is 1.82. The van der Waals surface area contributed by atoms with Crippen LogP contribution in [0.5, 0.6) is 0 Å². The van der Waals surface area contributed by atoms with Crippen molar-refractivity contribution >= 4 is 5.97 Å². The van der Waals surface area contributed by atoms with Gasteiger partial charge in [-0.15, -0.1) is 5.10 Å². The number of nitrogens with two attached hydrogens (primary N) is 1. The van der Waals surface area contributed by atoms with Crippen molar-refractivity contribution in [3.8, 4) is 0 Å². The summed E-state index contributed by atoms with van der Waals surface area (Å²) in [6, 6.07) is 3.15. The largest absolute Gasteiger partial charge is 0.476 e. The SMILES string of the molecule is NCCc1c(C(=O)O)nnn1Cc1ccc(F)cc1F. The topological polar surface area (TPSA) is 94.0 Å². The molecule has 2 rings (SSSR count). The Morgan fingerprint density at radius 2 is 2.15 bits per heavy atom. The number of carbonyl (C=O) groups is 1. The zero-order valence-corrected chi connectivity index (χ0v) is 10.4. The molecule has 0 aliphatic carbocycles. The number of hydrogen-bond donors (Lipinski definition) is 2. The molecule has 1 heterocycles. The molecule has 0 saturated carbocycles. The Morgan fingerprint density at radius 1 is 1.40 bits per heavy atom. The fraction of sp³-hybridized carbons (Fsp3) is 0.250. The lowest BCUT2D eigenvalue weighted by atomic mass is 10.2. The first-order valence-electron chi connectivity index (χ1n) is 5.82. The third-order valence-corrected chi connectivity index (χ3v) is 2.76. The monoisotopic (exact) mass is 282 g/mol. The van der Waals surface area contributed by atoms with Gasteiger partial charge in [0.05, 0.1) is 12.2 Å². The molecule has 0 fully saturated rings. The number of benzene rings is 1. The number of rotatable bonds is 5. The van der Waals surface area contributed by atoms with E-state index < -0.39 is 17.6 Å². The van der Waals surface area contributed by atoms with Gasteiger partial charge >= 0.3 is 5.97 Å². The smallest absolute Gasteiger partial charge is 0.358 e. The van der Waals surface area contributed by atoms with E-state index in [2.05, 4.69) is 10.3 Å². The van der Waals surface area contributed by atoms with Crippen molar-refractivity contribution < 1.29 is 18.7 Å². The quantitative estimate of drug-likeness (QED) is 0.846. The Bertz CT molecular complexity index is 642. The molecule has 0 atom stereocenters. The molecule has 1 aromatic heterocycles. The van der Waals surface area contributed by atoms with Gasteiger partial charge in [-0.1, -0.05) is 11.3 Å². The van der Waals surface area contributed by atoms with Crippen molar-refractivity contribution in [2.24, 2.45) is 5.73 Å². The lowest BCUT2D eigenvalue weighted by Gasteiger charge is -2.07. The summed E-state index contributed by atoms with van der Waals surface area (Å²) in [5, 5.41) is 16.2. The first-order chi connectivity index (χ1) is 9.52. The second-order valence-corrected chi connectivity index (χ2v) is 4.12. The Balaban J connectivity index is 2.35.